The Kier molecular flexibility index (Phi) is 7.11. The van der Waals surface area contributed by atoms with Gasteiger partial charge in [-0.25, -0.2) is 0 Å². The summed E-state index contributed by atoms with van der Waals surface area (Å²) in [7, 11) is 0. The molecule has 1 aliphatic rings. The first-order valence-corrected chi connectivity index (χ1v) is 12.9. The van der Waals surface area contributed by atoms with Crippen LogP contribution in [-0.4, -0.2) is 16.8 Å². The quantitative estimate of drug-likeness (QED) is 0.285. The van der Waals surface area contributed by atoms with Gasteiger partial charge >= 0.3 is 0 Å². The van der Waals surface area contributed by atoms with Crippen molar-refractivity contribution in [3.05, 3.63) is 124 Å². The van der Waals surface area contributed by atoms with Crippen molar-refractivity contribution in [3.63, 3.8) is 0 Å². The third kappa shape index (κ3) is 5.32. The van der Waals surface area contributed by atoms with E-state index in [4.69, 9.17) is 11.6 Å². The molecule has 1 heterocycles. The van der Waals surface area contributed by atoms with E-state index < -0.39 is 6.04 Å². The van der Waals surface area contributed by atoms with Crippen LogP contribution in [0.4, 0.5) is 5.69 Å². The third-order valence-electron chi connectivity index (χ3n) is 6.95. The monoisotopic (exact) mass is 494 g/mol. The zero-order valence-electron chi connectivity index (χ0n) is 20.7. The van der Waals surface area contributed by atoms with Gasteiger partial charge in [0.1, 0.15) is 6.04 Å². The van der Waals surface area contributed by atoms with E-state index in [0.29, 0.717) is 30.5 Å². The topological polar surface area (TPSA) is 32.3 Å². The second-order valence-corrected chi connectivity index (χ2v) is 10.2. The maximum atomic E-state index is 13.7. The van der Waals surface area contributed by atoms with Gasteiger partial charge in [-0.15, -0.1) is 0 Å². The zero-order valence-corrected chi connectivity index (χ0v) is 21.5. The summed E-state index contributed by atoms with van der Waals surface area (Å²) in [6.07, 6.45) is 0.506. The number of carbonyl (C=O) groups is 1. The van der Waals surface area contributed by atoms with E-state index in [1.165, 1.54) is 16.7 Å². The van der Waals surface area contributed by atoms with Crippen LogP contribution in [-0.2, 0) is 24.3 Å². The Balaban J connectivity index is 1.38. The highest BCUT2D eigenvalue weighted by Crippen LogP contribution is 2.29. The molecule has 1 unspecified atom stereocenters. The number of amides is 1. The smallest absolute Gasteiger partial charge is 0.246 e. The molecular formula is C32H31ClN2O. The van der Waals surface area contributed by atoms with Crippen LogP contribution in [0.5, 0.6) is 0 Å². The second-order valence-electron chi connectivity index (χ2n) is 9.81. The van der Waals surface area contributed by atoms with Crippen molar-refractivity contribution in [1.82, 2.24) is 4.90 Å². The fraction of sp³-hybridized carbons (Fsp3) is 0.219. The lowest BCUT2D eigenvalue weighted by Crippen LogP contribution is -2.41. The van der Waals surface area contributed by atoms with Crippen LogP contribution in [0, 0.1) is 0 Å². The van der Waals surface area contributed by atoms with E-state index in [1.54, 1.807) is 0 Å². The molecular weight excluding hydrogens is 464 g/mol. The number of anilines is 1. The molecule has 1 atom stereocenters. The lowest BCUT2D eigenvalue weighted by atomic mass is 9.97. The second kappa shape index (κ2) is 10.6. The predicted octanol–water partition coefficient (Wildman–Crippen LogP) is 7.70. The van der Waals surface area contributed by atoms with E-state index >= 15 is 0 Å². The van der Waals surface area contributed by atoms with Crippen LogP contribution >= 0.6 is 11.6 Å². The Morgan fingerprint density at radius 2 is 1.44 bits per heavy atom. The van der Waals surface area contributed by atoms with E-state index in [2.05, 4.69) is 67.7 Å². The van der Waals surface area contributed by atoms with E-state index in [9.17, 15) is 4.79 Å². The molecule has 0 fully saturated rings. The molecule has 5 rings (SSSR count). The molecule has 0 spiro atoms. The highest BCUT2D eigenvalue weighted by molar-refractivity contribution is 6.31. The Labute approximate surface area is 218 Å². The maximum Gasteiger partial charge on any atom is 0.246 e. The summed E-state index contributed by atoms with van der Waals surface area (Å²) in [4.78, 5) is 15.7. The number of hydrogen-bond donors (Lipinski definition) is 1. The largest absolute Gasteiger partial charge is 0.373 e. The van der Waals surface area contributed by atoms with Gasteiger partial charge in [-0.3, -0.25) is 4.79 Å². The van der Waals surface area contributed by atoms with Crippen molar-refractivity contribution < 1.29 is 4.79 Å². The van der Waals surface area contributed by atoms with Crippen LogP contribution in [0.3, 0.4) is 0 Å². The molecule has 1 amide bonds. The first-order valence-electron chi connectivity index (χ1n) is 12.5. The van der Waals surface area contributed by atoms with Gasteiger partial charge in [0.2, 0.25) is 5.91 Å². The van der Waals surface area contributed by atoms with Crippen LogP contribution in [0.2, 0.25) is 5.02 Å². The lowest BCUT2D eigenvalue weighted by Gasteiger charge is -2.25. The molecule has 182 valence electrons. The van der Waals surface area contributed by atoms with Gasteiger partial charge in [-0.2, -0.15) is 0 Å². The van der Waals surface area contributed by atoms with Gasteiger partial charge in [0.05, 0.1) is 0 Å². The average Bonchev–Trinajstić information content (AvgIpc) is 3.34. The first kappa shape index (κ1) is 24.1. The summed E-state index contributed by atoms with van der Waals surface area (Å²) in [5, 5.41) is 4.15. The molecule has 0 bridgehead atoms. The molecule has 0 aliphatic carbocycles. The first-order chi connectivity index (χ1) is 17.5. The Bertz CT molecular complexity index is 1320. The summed E-state index contributed by atoms with van der Waals surface area (Å²) in [6, 6.07) is 32.6. The van der Waals surface area contributed by atoms with Crippen LogP contribution in [0.15, 0.2) is 97.1 Å². The maximum absolute atomic E-state index is 13.7. The SMILES string of the molecule is CC(C)c1ccc(-c2ccc(CC(Nc3ccccc3)C(=O)N3Cc4ccccc4C3)c(Cl)c2)cc1. The van der Waals surface area contributed by atoms with Crippen LogP contribution < -0.4 is 5.32 Å². The van der Waals surface area contributed by atoms with Gasteiger partial charge in [0.15, 0.2) is 0 Å². The van der Waals surface area contributed by atoms with Crippen molar-refractivity contribution in [2.75, 3.05) is 5.32 Å². The minimum Gasteiger partial charge on any atom is -0.373 e. The van der Waals surface area contributed by atoms with Gasteiger partial charge in [-0.1, -0.05) is 104 Å². The molecule has 4 heteroatoms. The molecule has 4 aromatic rings. The molecule has 0 saturated carbocycles. The Hall–Kier alpha value is -3.56. The van der Waals surface area contributed by atoms with E-state index in [-0.39, 0.29) is 5.91 Å². The van der Waals surface area contributed by atoms with Crippen LogP contribution in [0.1, 0.15) is 42.0 Å². The van der Waals surface area contributed by atoms with Crippen molar-refractivity contribution >= 4 is 23.2 Å². The van der Waals surface area contributed by atoms with Gasteiger partial charge < -0.3 is 10.2 Å². The number of fused-ring (bicyclic) bond motifs is 1. The fourth-order valence-corrected chi connectivity index (χ4v) is 5.08. The molecule has 0 aromatic heterocycles. The standard InChI is InChI=1S/C32H31ClN2O/c1-22(2)23-12-14-24(15-13-23)25-16-17-26(30(33)18-25)19-31(34-29-10-4-3-5-11-29)32(36)35-20-27-8-6-7-9-28(27)21-35/h3-18,22,31,34H,19-21H2,1-2H3. The number of para-hydroxylation sites is 1. The Morgan fingerprint density at radius 1 is 0.833 bits per heavy atom. The number of carbonyl (C=O) groups excluding carboxylic acids is 1. The summed E-state index contributed by atoms with van der Waals surface area (Å²) in [5.74, 6) is 0.583. The van der Waals surface area contributed by atoms with Crippen molar-refractivity contribution in [1.29, 1.82) is 0 Å². The number of hydrogen-bond acceptors (Lipinski definition) is 2. The van der Waals surface area contributed by atoms with Crippen molar-refractivity contribution in [2.24, 2.45) is 0 Å². The summed E-state index contributed by atoms with van der Waals surface area (Å²) in [5.41, 5.74) is 7.85. The number of nitrogens with one attached hydrogen (secondary N) is 1. The molecule has 36 heavy (non-hydrogen) atoms. The highest BCUT2D eigenvalue weighted by atomic mass is 35.5. The number of nitrogens with zero attached hydrogens (tertiary/aromatic N) is 1. The van der Waals surface area contributed by atoms with E-state index in [1.807, 2.05) is 53.4 Å². The van der Waals surface area contributed by atoms with Gasteiger partial charge in [-0.05, 0) is 57.5 Å². The van der Waals surface area contributed by atoms with Crippen LogP contribution in [0.25, 0.3) is 11.1 Å². The minimum atomic E-state index is -0.421. The average molecular weight is 495 g/mol. The molecule has 1 aliphatic heterocycles. The highest BCUT2D eigenvalue weighted by Gasteiger charge is 2.29. The molecule has 4 aromatic carbocycles. The zero-order chi connectivity index (χ0) is 25.1. The van der Waals surface area contributed by atoms with Gasteiger partial charge in [0, 0.05) is 30.2 Å². The van der Waals surface area contributed by atoms with E-state index in [0.717, 1.165) is 22.4 Å². The molecule has 0 saturated heterocycles. The molecule has 0 radical (unpaired) electrons. The third-order valence-corrected chi connectivity index (χ3v) is 7.30. The van der Waals surface area contributed by atoms with Gasteiger partial charge in [0.25, 0.3) is 0 Å². The molecule has 1 N–H and O–H groups in total. The summed E-state index contributed by atoms with van der Waals surface area (Å²) in [6.45, 7) is 5.67. The number of halogens is 1. The molecule has 3 nitrogen and oxygen atoms in total. The summed E-state index contributed by atoms with van der Waals surface area (Å²) < 4.78 is 0. The fourth-order valence-electron chi connectivity index (χ4n) is 4.82. The lowest BCUT2D eigenvalue weighted by molar-refractivity contribution is -0.132. The minimum absolute atomic E-state index is 0.0828. The Morgan fingerprint density at radius 3 is 2.06 bits per heavy atom. The number of rotatable bonds is 7. The number of benzene rings is 4. The van der Waals surface area contributed by atoms with Crippen molar-refractivity contribution in [2.45, 2.75) is 45.3 Å². The normalized spacial score (nSPS) is 13.5. The predicted molar refractivity (Wildman–Crippen MR) is 149 cm³/mol. The summed E-state index contributed by atoms with van der Waals surface area (Å²) >= 11 is 6.79. The van der Waals surface area contributed by atoms with Crippen molar-refractivity contribution in [3.8, 4) is 11.1 Å².